The number of rotatable bonds is 5. The molecule has 6 heteroatoms. The number of nitrogen functional groups attached to an aromatic ring is 1. The van der Waals surface area contributed by atoms with Crippen LogP contribution in [-0.2, 0) is 0 Å². The molecule has 2 rings (SSSR count). The van der Waals surface area contributed by atoms with Gasteiger partial charge in [0.05, 0.1) is 5.56 Å². The summed E-state index contributed by atoms with van der Waals surface area (Å²) in [5, 5.41) is 12.2. The molecule has 0 amide bonds. The molecular weight excluding hydrogens is 278 g/mol. The number of allylic oxidation sites excluding steroid dienone is 1. The number of aromatic nitrogens is 2. The Labute approximate surface area is 129 Å². The monoisotopic (exact) mass is 295 g/mol. The van der Waals surface area contributed by atoms with Gasteiger partial charge in [0.15, 0.2) is 0 Å². The number of nitrogens with two attached hydrogens (primary N) is 1. The van der Waals surface area contributed by atoms with Crippen molar-refractivity contribution in [3.63, 3.8) is 0 Å². The second-order valence-corrected chi connectivity index (χ2v) is 4.85. The molecule has 0 saturated heterocycles. The van der Waals surface area contributed by atoms with Crippen LogP contribution in [0.5, 0.6) is 5.75 Å². The van der Waals surface area contributed by atoms with Crippen molar-refractivity contribution < 1.29 is 4.74 Å². The summed E-state index contributed by atoms with van der Waals surface area (Å²) in [7, 11) is 0. The van der Waals surface area contributed by atoms with Crippen molar-refractivity contribution in [1.29, 1.82) is 5.26 Å². The minimum atomic E-state index is 0.381. The van der Waals surface area contributed by atoms with Gasteiger partial charge in [-0.25, -0.2) is 4.98 Å². The number of nitrogens with one attached hydrogen (secondary N) is 1. The predicted molar refractivity (Wildman–Crippen MR) is 85.8 cm³/mol. The molecule has 1 aromatic heterocycles. The summed E-state index contributed by atoms with van der Waals surface area (Å²) in [4.78, 5) is 8.14. The molecule has 0 bridgehead atoms. The summed E-state index contributed by atoms with van der Waals surface area (Å²) in [6.45, 7) is 4.39. The maximum absolute atomic E-state index is 9.14. The molecule has 0 aliphatic carbocycles. The van der Waals surface area contributed by atoms with Crippen molar-refractivity contribution in [3.05, 3.63) is 47.7 Å². The lowest BCUT2D eigenvalue weighted by Gasteiger charge is -2.10. The van der Waals surface area contributed by atoms with Crippen LogP contribution < -0.4 is 15.8 Å². The van der Waals surface area contributed by atoms with Gasteiger partial charge in [0.1, 0.15) is 24.2 Å². The van der Waals surface area contributed by atoms with Crippen molar-refractivity contribution >= 4 is 17.5 Å². The van der Waals surface area contributed by atoms with Gasteiger partial charge in [-0.2, -0.15) is 10.2 Å². The van der Waals surface area contributed by atoms with E-state index >= 15 is 0 Å². The summed E-state index contributed by atoms with van der Waals surface area (Å²) in [6, 6.07) is 8.91. The van der Waals surface area contributed by atoms with Crippen LogP contribution in [-0.4, -0.2) is 16.6 Å². The van der Waals surface area contributed by atoms with Crippen LogP contribution in [0, 0.1) is 11.3 Å². The van der Waals surface area contributed by atoms with E-state index in [2.05, 4.69) is 21.4 Å². The Balaban J connectivity index is 2.19. The molecule has 0 radical (unpaired) electrons. The van der Waals surface area contributed by atoms with Crippen LogP contribution in [0.4, 0.5) is 17.5 Å². The Kier molecular flexibility index (Phi) is 4.94. The standard InChI is InChI=1S/C16H17N5O/c1-11(2)6-8-22-14-9-13(4-3-12(14)10-17)20-16-19-7-5-15(18)21-16/h3-7,9H,8H2,1-2H3,(H3,18,19,20,21). The van der Waals surface area contributed by atoms with Crippen LogP contribution in [0.3, 0.4) is 0 Å². The Bertz CT molecular complexity index is 730. The van der Waals surface area contributed by atoms with Crippen molar-refractivity contribution in [1.82, 2.24) is 9.97 Å². The Morgan fingerprint density at radius 2 is 2.23 bits per heavy atom. The summed E-state index contributed by atoms with van der Waals surface area (Å²) in [5.74, 6) is 1.28. The maximum Gasteiger partial charge on any atom is 0.229 e. The zero-order valence-electron chi connectivity index (χ0n) is 12.5. The molecule has 6 nitrogen and oxygen atoms in total. The summed E-state index contributed by atoms with van der Waals surface area (Å²) >= 11 is 0. The van der Waals surface area contributed by atoms with Gasteiger partial charge < -0.3 is 15.8 Å². The number of hydrogen-bond donors (Lipinski definition) is 2. The molecule has 0 saturated carbocycles. The molecule has 112 valence electrons. The lowest BCUT2D eigenvalue weighted by Crippen LogP contribution is -2.01. The zero-order chi connectivity index (χ0) is 15.9. The number of ether oxygens (including phenoxy) is 1. The Morgan fingerprint density at radius 1 is 1.41 bits per heavy atom. The van der Waals surface area contributed by atoms with E-state index in [0.29, 0.717) is 29.7 Å². The molecule has 3 N–H and O–H groups in total. The topological polar surface area (TPSA) is 96.8 Å². The normalized spacial score (nSPS) is 9.68. The van der Waals surface area contributed by atoms with E-state index in [1.807, 2.05) is 19.9 Å². The fourth-order valence-electron chi connectivity index (χ4n) is 1.67. The van der Waals surface area contributed by atoms with Crippen LogP contribution in [0.2, 0.25) is 0 Å². The summed E-state index contributed by atoms with van der Waals surface area (Å²) in [6.07, 6.45) is 3.52. The van der Waals surface area contributed by atoms with E-state index in [9.17, 15) is 0 Å². The molecule has 0 unspecified atom stereocenters. The van der Waals surface area contributed by atoms with E-state index in [-0.39, 0.29) is 0 Å². The van der Waals surface area contributed by atoms with Gasteiger partial charge >= 0.3 is 0 Å². The maximum atomic E-state index is 9.14. The lowest BCUT2D eigenvalue weighted by atomic mass is 10.2. The minimum absolute atomic E-state index is 0.381. The third kappa shape index (κ3) is 4.21. The highest BCUT2D eigenvalue weighted by Gasteiger charge is 2.06. The van der Waals surface area contributed by atoms with Gasteiger partial charge in [0.25, 0.3) is 0 Å². The van der Waals surface area contributed by atoms with Crippen LogP contribution >= 0.6 is 0 Å². The van der Waals surface area contributed by atoms with E-state index in [0.717, 1.165) is 11.3 Å². The molecule has 22 heavy (non-hydrogen) atoms. The number of benzene rings is 1. The molecular formula is C16H17N5O. The molecule has 0 spiro atoms. The van der Waals surface area contributed by atoms with E-state index < -0.39 is 0 Å². The lowest BCUT2D eigenvalue weighted by molar-refractivity contribution is 0.361. The first-order chi connectivity index (χ1) is 10.6. The number of nitrogens with zero attached hydrogens (tertiary/aromatic N) is 3. The van der Waals surface area contributed by atoms with Gasteiger partial charge in [0.2, 0.25) is 5.95 Å². The highest BCUT2D eigenvalue weighted by Crippen LogP contribution is 2.24. The van der Waals surface area contributed by atoms with Crippen LogP contribution in [0.1, 0.15) is 19.4 Å². The van der Waals surface area contributed by atoms with Crippen LogP contribution in [0.15, 0.2) is 42.1 Å². The van der Waals surface area contributed by atoms with Crippen molar-refractivity contribution in [2.75, 3.05) is 17.7 Å². The summed E-state index contributed by atoms with van der Waals surface area (Å²) < 4.78 is 5.64. The van der Waals surface area contributed by atoms with Crippen molar-refractivity contribution in [2.45, 2.75) is 13.8 Å². The van der Waals surface area contributed by atoms with Gasteiger partial charge in [-0.05, 0) is 38.1 Å². The fourth-order valence-corrected chi connectivity index (χ4v) is 1.67. The quantitative estimate of drug-likeness (QED) is 0.823. The predicted octanol–water partition coefficient (Wildman–Crippen LogP) is 3.02. The third-order valence-corrected chi connectivity index (χ3v) is 2.77. The van der Waals surface area contributed by atoms with Crippen molar-refractivity contribution in [2.24, 2.45) is 0 Å². The van der Waals surface area contributed by atoms with E-state index in [4.69, 9.17) is 15.7 Å². The molecule has 1 heterocycles. The molecule has 0 atom stereocenters. The van der Waals surface area contributed by atoms with Gasteiger partial charge in [0, 0.05) is 18.0 Å². The first-order valence-corrected chi connectivity index (χ1v) is 6.74. The van der Waals surface area contributed by atoms with Crippen molar-refractivity contribution in [3.8, 4) is 11.8 Å². The first kappa shape index (κ1) is 15.3. The zero-order valence-corrected chi connectivity index (χ0v) is 12.5. The second kappa shape index (κ2) is 7.09. The number of hydrogen-bond acceptors (Lipinski definition) is 6. The number of nitriles is 1. The molecule has 2 aromatic rings. The molecule has 0 aliphatic rings. The molecule has 0 aliphatic heterocycles. The highest BCUT2D eigenvalue weighted by molar-refractivity contribution is 5.60. The van der Waals surface area contributed by atoms with Crippen LogP contribution in [0.25, 0.3) is 0 Å². The SMILES string of the molecule is CC(C)=CCOc1cc(Nc2nccc(N)n2)ccc1C#N. The van der Waals surface area contributed by atoms with E-state index in [1.165, 1.54) is 0 Å². The first-order valence-electron chi connectivity index (χ1n) is 6.74. The Morgan fingerprint density at radius 3 is 2.91 bits per heavy atom. The molecule has 1 aromatic carbocycles. The minimum Gasteiger partial charge on any atom is -0.488 e. The average Bonchev–Trinajstić information content (AvgIpc) is 2.47. The van der Waals surface area contributed by atoms with Gasteiger partial charge in [-0.3, -0.25) is 0 Å². The smallest absolute Gasteiger partial charge is 0.229 e. The fraction of sp³-hybridized carbons (Fsp3) is 0.188. The molecule has 0 fully saturated rings. The second-order valence-electron chi connectivity index (χ2n) is 4.85. The van der Waals surface area contributed by atoms with Gasteiger partial charge in [-0.1, -0.05) is 5.57 Å². The largest absolute Gasteiger partial charge is 0.488 e. The highest BCUT2D eigenvalue weighted by atomic mass is 16.5. The Hall–Kier alpha value is -3.07. The third-order valence-electron chi connectivity index (χ3n) is 2.77. The van der Waals surface area contributed by atoms with Gasteiger partial charge in [-0.15, -0.1) is 0 Å². The number of anilines is 3. The van der Waals surface area contributed by atoms with E-state index in [1.54, 1.807) is 30.5 Å². The average molecular weight is 295 g/mol. The summed E-state index contributed by atoms with van der Waals surface area (Å²) in [5.41, 5.74) is 7.96.